The van der Waals surface area contributed by atoms with Gasteiger partial charge in [0.05, 0.1) is 6.42 Å². The van der Waals surface area contributed by atoms with E-state index in [1.165, 1.54) is 0 Å². The Labute approximate surface area is 186 Å². The average Bonchev–Trinajstić information content (AvgIpc) is 1.77. The van der Waals surface area contributed by atoms with E-state index in [1.54, 1.807) is 0 Å². The van der Waals surface area contributed by atoms with Crippen molar-refractivity contribution in [1.82, 2.24) is 0 Å². The van der Waals surface area contributed by atoms with Crippen molar-refractivity contribution in [2.45, 2.75) is 11.8 Å². The number of carbonyl (C=O) groups is 1. The fourth-order valence-electron chi connectivity index (χ4n) is 0.553. The quantitative estimate of drug-likeness (QED) is 0.394. The Morgan fingerprint density at radius 2 is 1.18 bits per heavy atom. The van der Waals surface area contributed by atoms with E-state index in [1.807, 2.05) is 0 Å². The first kappa shape index (κ1) is 32.6. The summed E-state index contributed by atoms with van der Waals surface area (Å²) in [6, 6.07) is 0. The summed E-state index contributed by atoms with van der Waals surface area (Å²) >= 11 is 0. The van der Waals surface area contributed by atoms with E-state index in [4.69, 9.17) is 5.11 Å². The van der Waals surface area contributed by atoms with Gasteiger partial charge in [0.2, 0.25) is 0 Å². The Hall–Kier alpha value is 3.77. The number of carboxylic acids is 1. The van der Waals surface area contributed by atoms with Gasteiger partial charge in [-0.25, -0.2) is 0 Å². The van der Waals surface area contributed by atoms with Crippen LogP contribution in [-0.2, 0) is 13.9 Å². The van der Waals surface area contributed by atoms with Crippen molar-refractivity contribution in [2.75, 3.05) is 0 Å². The van der Waals surface area contributed by atoms with Gasteiger partial charge >= 0.3 is 124 Å². The largest absolute Gasteiger partial charge is 1.00 e. The third-order valence-electron chi connectivity index (χ3n) is 1.09. The number of carboxylic acid groups (broad SMARTS) is 1. The zero-order valence-electron chi connectivity index (χ0n) is 9.98. The van der Waals surface area contributed by atoms with E-state index in [2.05, 4.69) is 0 Å². The Morgan fingerprint density at radius 3 is 1.24 bits per heavy atom. The van der Waals surface area contributed by atoms with Gasteiger partial charge in [-0.1, -0.05) is 15.2 Å². The third-order valence-corrected chi connectivity index (χ3v) is 4.61. The van der Waals surface area contributed by atoms with Gasteiger partial charge in [-0.3, -0.25) is 4.79 Å². The fraction of sp³-hybridized carbons (Fsp3) is 0.667. The molecule has 0 fully saturated rings. The first-order valence-corrected chi connectivity index (χ1v) is 6.03. The van der Waals surface area contributed by atoms with Gasteiger partial charge in [0.25, 0.3) is 0 Å². The van der Waals surface area contributed by atoms with Gasteiger partial charge in [0, 0.05) is 5.40 Å². The molecule has 0 aromatic rings. The normalized spacial score (nSPS) is 10.2. The van der Waals surface area contributed by atoms with Gasteiger partial charge < -0.3 is 33.8 Å². The summed E-state index contributed by atoms with van der Waals surface area (Å²) in [6.07, 6.45) is -1.52. The van der Waals surface area contributed by atoms with Crippen molar-refractivity contribution in [3.05, 3.63) is 0 Å². The Morgan fingerprint density at radius 1 is 0.941 bits per heavy atom. The summed E-state index contributed by atoms with van der Waals surface area (Å²) in [5.74, 6) is -1.84. The van der Waals surface area contributed by atoms with Crippen molar-refractivity contribution < 1.29 is 157 Å². The maximum atomic E-state index is 10.2. The van der Waals surface area contributed by atoms with Crippen molar-refractivity contribution in [2.24, 2.45) is 0 Å². The van der Waals surface area contributed by atoms with Gasteiger partial charge in [0.1, 0.15) is 0 Å². The number of hydrogen-bond acceptors (Lipinski definition) is 7. The average molecular weight is 322 g/mol. The van der Waals surface area contributed by atoms with Crippen LogP contribution in [0.15, 0.2) is 0 Å². The van der Waals surface area contributed by atoms with Gasteiger partial charge in [-0.15, -0.1) is 0 Å². The maximum Gasteiger partial charge on any atom is 1.00 e. The van der Waals surface area contributed by atoms with Crippen LogP contribution in [0.1, 0.15) is 6.42 Å². The first-order valence-electron chi connectivity index (χ1n) is 2.80. The zero-order valence-corrected chi connectivity index (χ0v) is 19.8. The van der Waals surface area contributed by atoms with Crippen LogP contribution < -0.4 is 138 Å². The molecule has 0 saturated carbocycles. The van der Waals surface area contributed by atoms with E-state index in [0.717, 1.165) is 0 Å². The summed E-state index contributed by atoms with van der Waals surface area (Å²) in [4.78, 5) is 50.5. The molecule has 1 N–H and O–H groups in total. The SMILES string of the molecule is O=C(O)CC(P(=O)([O-])[O-])P(=O)([O-])[O-].[Na+].[Na+].[Na+].[Na+]. The molecule has 8 nitrogen and oxygen atoms in total. The second-order valence-corrected chi connectivity index (χ2v) is 5.97. The van der Waals surface area contributed by atoms with Crippen LogP contribution in [0.3, 0.4) is 0 Å². The molecule has 0 radical (unpaired) electrons. The molecule has 0 amide bonds. The molecule has 0 unspecified atom stereocenters. The predicted molar refractivity (Wildman–Crippen MR) is 31.3 cm³/mol. The molecule has 0 aromatic carbocycles. The van der Waals surface area contributed by atoms with Gasteiger partial charge in [-0.2, -0.15) is 0 Å². The molecule has 0 heterocycles. The smallest absolute Gasteiger partial charge is 0.810 e. The second kappa shape index (κ2) is 13.4. The molecule has 17 heavy (non-hydrogen) atoms. The van der Waals surface area contributed by atoms with Crippen LogP contribution in [0, 0.1) is 0 Å². The first-order chi connectivity index (χ1) is 5.55. The molecular weight excluding hydrogens is 318 g/mol. The second-order valence-electron chi connectivity index (χ2n) is 2.16. The van der Waals surface area contributed by atoms with Crippen molar-refractivity contribution in [1.29, 1.82) is 0 Å². The minimum absolute atomic E-state index is 0. The molecule has 0 rings (SSSR count). The summed E-state index contributed by atoms with van der Waals surface area (Å²) in [6.45, 7) is 0. The number of hydrogen-bond donors (Lipinski definition) is 1. The monoisotopic (exact) mass is 322 g/mol. The molecule has 0 spiro atoms. The fourth-order valence-corrected chi connectivity index (χ4v) is 2.70. The number of aliphatic carboxylic acids is 1. The molecule has 0 saturated heterocycles. The van der Waals surface area contributed by atoms with Crippen LogP contribution in [0.2, 0.25) is 0 Å². The van der Waals surface area contributed by atoms with Crippen LogP contribution in [0.5, 0.6) is 0 Å². The van der Waals surface area contributed by atoms with Crippen LogP contribution in [0.25, 0.3) is 0 Å². The third kappa shape index (κ3) is 16.0. The van der Waals surface area contributed by atoms with Crippen LogP contribution in [0.4, 0.5) is 0 Å². The van der Waals surface area contributed by atoms with E-state index < -0.39 is 33.0 Å². The summed E-state index contributed by atoms with van der Waals surface area (Å²) in [7, 11) is -11.4. The molecular formula is C3H4Na4O8P2. The standard InChI is InChI=1S/C3H8O8P2.4Na/c4-2(5)1-3(12(6,7)8)13(9,10)11;;;;/h3H,1H2,(H,4,5)(H2,6,7,8)(H2,9,10,11);;;;/q;4*+1/p-4. The Balaban J connectivity index is -0.000000120. The van der Waals surface area contributed by atoms with Crippen LogP contribution >= 0.6 is 15.2 Å². The summed E-state index contributed by atoms with van der Waals surface area (Å²) in [5.41, 5.74) is 0. The number of rotatable bonds is 4. The minimum Gasteiger partial charge on any atom is -0.810 e. The topological polar surface area (TPSA) is 164 Å². The van der Waals surface area contributed by atoms with E-state index >= 15 is 0 Å². The minimum atomic E-state index is -5.72. The molecule has 0 aromatic heterocycles. The zero-order chi connectivity index (χ0) is 10.9. The molecule has 0 aliphatic carbocycles. The summed E-state index contributed by atoms with van der Waals surface area (Å²) in [5, 5.41) is 5.11. The van der Waals surface area contributed by atoms with Crippen molar-refractivity contribution in [3.63, 3.8) is 0 Å². The van der Waals surface area contributed by atoms with Gasteiger partial charge in [-0.05, 0) is 0 Å². The summed E-state index contributed by atoms with van der Waals surface area (Å²) < 4.78 is 20.3. The Bertz CT molecular complexity index is 275. The van der Waals surface area contributed by atoms with Crippen molar-refractivity contribution in [3.8, 4) is 0 Å². The Kier molecular flexibility index (Phi) is 25.8. The molecule has 0 bridgehead atoms. The van der Waals surface area contributed by atoms with E-state index in [0.29, 0.717) is 0 Å². The molecule has 0 aliphatic heterocycles. The molecule has 14 heteroatoms. The maximum absolute atomic E-state index is 10.2. The molecule has 78 valence electrons. The van der Waals surface area contributed by atoms with E-state index in [-0.39, 0.29) is 118 Å². The van der Waals surface area contributed by atoms with E-state index in [9.17, 15) is 33.5 Å². The molecule has 0 aliphatic rings. The predicted octanol–water partition coefficient (Wildman–Crippen LogP) is -15.4. The van der Waals surface area contributed by atoms with Gasteiger partial charge in [0.15, 0.2) is 0 Å². The van der Waals surface area contributed by atoms with Crippen LogP contribution in [-0.4, -0.2) is 16.5 Å². The van der Waals surface area contributed by atoms with Crippen molar-refractivity contribution >= 4 is 21.2 Å². The molecule has 0 atom stereocenters.